The molecule has 0 aromatic heterocycles. The van der Waals surface area contributed by atoms with Crippen molar-refractivity contribution in [3.05, 3.63) is 12.2 Å². The fourth-order valence-electron chi connectivity index (χ4n) is 2.11. The summed E-state index contributed by atoms with van der Waals surface area (Å²) in [6.45, 7) is 10.6. The highest BCUT2D eigenvalue weighted by Gasteiger charge is 2.41. The highest BCUT2D eigenvalue weighted by atomic mass is 16.2. The van der Waals surface area contributed by atoms with Crippen LogP contribution in [0.2, 0.25) is 0 Å². The Hall–Kier alpha value is -0.920. The Morgan fingerprint density at radius 1 is 0.938 bits per heavy atom. The lowest BCUT2D eigenvalue weighted by Gasteiger charge is -2.32. The first-order chi connectivity index (χ1) is 7.13. The zero-order valence-corrected chi connectivity index (χ0v) is 11.0. The van der Waals surface area contributed by atoms with Crippen LogP contribution in [0, 0.1) is 16.7 Å². The molecule has 0 atom stereocenters. The van der Waals surface area contributed by atoms with Crippen LogP contribution in [0.1, 0.15) is 47.5 Å². The van der Waals surface area contributed by atoms with Crippen LogP contribution >= 0.6 is 0 Å². The predicted octanol–water partition coefficient (Wildman–Crippen LogP) is 3.16. The summed E-state index contributed by atoms with van der Waals surface area (Å²) >= 11 is 0. The molecule has 1 aliphatic rings. The second-order valence-corrected chi connectivity index (χ2v) is 6.62. The van der Waals surface area contributed by atoms with Gasteiger partial charge in [-0.3, -0.25) is 9.59 Å². The van der Waals surface area contributed by atoms with E-state index in [1.807, 2.05) is 13.8 Å². The summed E-state index contributed by atoms with van der Waals surface area (Å²) in [5.74, 6) is -0.498. The first-order valence-corrected chi connectivity index (χ1v) is 5.89. The van der Waals surface area contributed by atoms with Crippen molar-refractivity contribution in [2.24, 2.45) is 16.7 Å². The lowest BCUT2D eigenvalue weighted by Crippen LogP contribution is -2.33. The summed E-state index contributed by atoms with van der Waals surface area (Å²) in [4.78, 5) is 23.3. The average molecular weight is 222 g/mol. The fraction of sp³-hybridized carbons (Fsp3) is 0.714. The summed E-state index contributed by atoms with van der Waals surface area (Å²) < 4.78 is 0. The molecule has 0 saturated carbocycles. The van der Waals surface area contributed by atoms with Gasteiger partial charge in [0.15, 0.2) is 11.6 Å². The molecule has 0 aromatic carbocycles. The normalized spacial score (nSPS) is 18.6. The summed E-state index contributed by atoms with van der Waals surface area (Å²) in [7, 11) is 0. The number of carbonyl (C=O) groups excluding carboxylic acids is 2. The Morgan fingerprint density at radius 2 is 1.38 bits per heavy atom. The lowest BCUT2D eigenvalue weighted by molar-refractivity contribution is -0.130. The van der Waals surface area contributed by atoms with Crippen molar-refractivity contribution < 1.29 is 9.59 Å². The van der Waals surface area contributed by atoms with E-state index in [0.29, 0.717) is 0 Å². The van der Waals surface area contributed by atoms with Crippen molar-refractivity contribution in [3.8, 4) is 0 Å². The molecule has 0 bridgehead atoms. The van der Waals surface area contributed by atoms with Gasteiger partial charge in [-0.15, -0.1) is 0 Å². The van der Waals surface area contributed by atoms with Crippen LogP contribution in [-0.4, -0.2) is 11.6 Å². The number of hydrogen-bond acceptors (Lipinski definition) is 2. The SMILES string of the molecule is CC(C)(C)CCC(C)(C)C1C(=O)C=CC1=O. The van der Waals surface area contributed by atoms with Crippen molar-refractivity contribution in [3.63, 3.8) is 0 Å². The number of rotatable bonds is 3. The van der Waals surface area contributed by atoms with Crippen LogP contribution < -0.4 is 0 Å². The van der Waals surface area contributed by atoms with E-state index in [0.717, 1.165) is 12.8 Å². The van der Waals surface area contributed by atoms with E-state index in [9.17, 15) is 9.59 Å². The Morgan fingerprint density at radius 3 is 1.75 bits per heavy atom. The molecule has 0 fully saturated rings. The first-order valence-electron chi connectivity index (χ1n) is 5.89. The molecule has 0 saturated heterocycles. The van der Waals surface area contributed by atoms with Crippen molar-refractivity contribution in [2.75, 3.05) is 0 Å². The molecule has 0 unspecified atom stereocenters. The molecule has 16 heavy (non-hydrogen) atoms. The molecule has 90 valence electrons. The highest BCUT2D eigenvalue weighted by molar-refractivity contribution is 6.19. The maximum Gasteiger partial charge on any atom is 0.167 e. The minimum absolute atomic E-state index is 0.0242. The molecule has 0 spiro atoms. The average Bonchev–Trinajstić information content (AvgIpc) is 2.42. The maximum absolute atomic E-state index is 11.6. The van der Waals surface area contributed by atoms with Gasteiger partial charge in [0.1, 0.15) is 0 Å². The van der Waals surface area contributed by atoms with Gasteiger partial charge < -0.3 is 0 Å². The van der Waals surface area contributed by atoms with Crippen molar-refractivity contribution in [2.45, 2.75) is 47.5 Å². The van der Waals surface area contributed by atoms with E-state index >= 15 is 0 Å². The third-order valence-corrected chi connectivity index (χ3v) is 3.28. The van der Waals surface area contributed by atoms with E-state index in [1.54, 1.807) is 0 Å². The predicted molar refractivity (Wildman–Crippen MR) is 65.1 cm³/mol. The molecule has 1 rings (SSSR count). The summed E-state index contributed by atoms with van der Waals surface area (Å²) in [6.07, 6.45) is 4.77. The van der Waals surface area contributed by atoms with Gasteiger partial charge in [0.25, 0.3) is 0 Å². The summed E-state index contributed by atoms with van der Waals surface area (Å²) in [5.41, 5.74) is 0.0142. The highest BCUT2D eigenvalue weighted by Crippen LogP contribution is 2.39. The maximum atomic E-state index is 11.6. The molecule has 2 heteroatoms. The van der Waals surface area contributed by atoms with E-state index in [4.69, 9.17) is 0 Å². The number of allylic oxidation sites excluding steroid dienone is 2. The van der Waals surface area contributed by atoms with Gasteiger partial charge >= 0.3 is 0 Å². The largest absolute Gasteiger partial charge is 0.294 e. The molecule has 0 heterocycles. The topological polar surface area (TPSA) is 34.1 Å². The van der Waals surface area contributed by atoms with Gasteiger partial charge in [-0.2, -0.15) is 0 Å². The minimum atomic E-state index is -0.449. The monoisotopic (exact) mass is 222 g/mol. The molecule has 0 radical (unpaired) electrons. The minimum Gasteiger partial charge on any atom is -0.294 e. The van der Waals surface area contributed by atoms with Crippen LogP contribution in [0.4, 0.5) is 0 Å². The Bertz CT molecular complexity index is 311. The molecule has 2 nitrogen and oxygen atoms in total. The van der Waals surface area contributed by atoms with Crippen LogP contribution in [0.3, 0.4) is 0 Å². The van der Waals surface area contributed by atoms with Gasteiger partial charge in [-0.05, 0) is 35.8 Å². The van der Waals surface area contributed by atoms with Crippen LogP contribution in [0.15, 0.2) is 12.2 Å². The van der Waals surface area contributed by atoms with Crippen LogP contribution in [-0.2, 0) is 9.59 Å². The van der Waals surface area contributed by atoms with E-state index < -0.39 is 5.92 Å². The zero-order chi connectivity index (χ0) is 12.6. The number of carbonyl (C=O) groups is 2. The zero-order valence-electron chi connectivity index (χ0n) is 11.0. The second kappa shape index (κ2) is 4.15. The fourth-order valence-corrected chi connectivity index (χ4v) is 2.11. The molecule has 0 aliphatic heterocycles. The lowest BCUT2D eigenvalue weighted by atomic mass is 9.70. The Labute approximate surface area is 98.1 Å². The van der Waals surface area contributed by atoms with Gasteiger partial charge in [-0.25, -0.2) is 0 Å². The molecular formula is C14H22O2. The molecule has 0 amide bonds. The third-order valence-electron chi connectivity index (χ3n) is 3.28. The first kappa shape index (κ1) is 13.1. The van der Waals surface area contributed by atoms with Crippen molar-refractivity contribution in [1.82, 2.24) is 0 Å². The van der Waals surface area contributed by atoms with E-state index in [-0.39, 0.29) is 22.4 Å². The van der Waals surface area contributed by atoms with Gasteiger partial charge in [0, 0.05) is 0 Å². The number of hydrogen-bond donors (Lipinski definition) is 0. The van der Waals surface area contributed by atoms with E-state index in [1.165, 1.54) is 12.2 Å². The van der Waals surface area contributed by atoms with Crippen molar-refractivity contribution in [1.29, 1.82) is 0 Å². The molecule has 1 aliphatic carbocycles. The molecule has 0 aromatic rings. The smallest absolute Gasteiger partial charge is 0.167 e. The van der Waals surface area contributed by atoms with Crippen molar-refractivity contribution >= 4 is 11.6 Å². The summed E-state index contributed by atoms with van der Waals surface area (Å²) in [5, 5.41) is 0. The van der Waals surface area contributed by atoms with Crippen LogP contribution in [0.25, 0.3) is 0 Å². The molecular weight excluding hydrogens is 200 g/mol. The molecule has 0 N–H and O–H groups in total. The standard InChI is InChI=1S/C14H22O2/c1-13(2,3)8-9-14(4,5)12-10(15)6-7-11(12)16/h6-7,12H,8-9H2,1-5H3. The summed E-state index contributed by atoms with van der Waals surface area (Å²) in [6, 6.07) is 0. The quantitative estimate of drug-likeness (QED) is 0.687. The Balaban J connectivity index is 2.71. The third kappa shape index (κ3) is 3.03. The van der Waals surface area contributed by atoms with Gasteiger partial charge in [-0.1, -0.05) is 34.6 Å². The number of ketones is 2. The van der Waals surface area contributed by atoms with Gasteiger partial charge in [0.2, 0.25) is 0 Å². The Kier molecular flexibility index (Phi) is 3.41. The van der Waals surface area contributed by atoms with E-state index in [2.05, 4.69) is 20.8 Å². The van der Waals surface area contributed by atoms with Gasteiger partial charge in [0.05, 0.1) is 5.92 Å². The van der Waals surface area contributed by atoms with Crippen LogP contribution in [0.5, 0.6) is 0 Å². The second-order valence-electron chi connectivity index (χ2n) is 6.62.